The van der Waals surface area contributed by atoms with E-state index in [-0.39, 0.29) is 110 Å². The molecule has 2 N–H and O–H groups in total. The van der Waals surface area contributed by atoms with Crippen LogP contribution in [0, 0.1) is 17.8 Å². The van der Waals surface area contributed by atoms with Gasteiger partial charge in [-0.1, -0.05) is 76.3 Å². The fourth-order valence-corrected chi connectivity index (χ4v) is 11.0. The van der Waals surface area contributed by atoms with Gasteiger partial charge in [0.05, 0.1) is 114 Å². The van der Waals surface area contributed by atoms with Gasteiger partial charge in [-0.3, -0.25) is 33.8 Å². The second-order valence-electron chi connectivity index (χ2n) is 23.8. The molecule has 0 spiro atoms. The lowest BCUT2D eigenvalue weighted by molar-refractivity contribution is -0.133. The van der Waals surface area contributed by atoms with Gasteiger partial charge in [-0.2, -0.15) is 0 Å². The van der Waals surface area contributed by atoms with E-state index in [2.05, 4.69) is 10.3 Å². The number of amides is 4. The minimum Gasteiger partial charge on any atom is -0.493 e. The second kappa shape index (κ2) is 35.7. The molecule has 0 bridgehead atoms. The number of Topliss-reactive ketones (excluding diaryl/α,β-unsaturated/α-hetero) is 3. The molecule has 92 heavy (non-hydrogen) atoms. The summed E-state index contributed by atoms with van der Waals surface area (Å²) in [7, 11) is 2.92. The molecule has 0 aromatic heterocycles. The fraction of sp³-hybridized carbons (Fsp3) is 0.514. The van der Waals surface area contributed by atoms with E-state index in [0.29, 0.717) is 118 Å². The van der Waals surface area contributed by atoms with Crippen LogP contribution in [0.1, 0.15) is 132 Å². The summed E-state index contributed by atoms with van der Waals surface area (Å²) in [5.74, 6) is -0.508. The first kappa shape index (κ1) is 71.4. The number of aliphatic imine (C=N–C) groups is 1. The molecule has 4 amide bonds. The van der Waals surface area contributed by atoms with Gasteiger partial charge >= 0.3 is 6.09 Å². The van der Waals surface area contributed by atoms with Crippen LogP contribution in [0.4, 0.5) is 16.2 Å². The molecule has 0 radical (unpaired) electrons. The van der Waals surface area contributed by atoms with Crippen LogP contribution in [0.2, 0.25) is 0 Å². The predicted molar refractivity (Wildman–Crippen MR) is 346 cm³/mol. The summed E-state index contributed by atoms with van der Waals surface area (Å²) in [5.41, 5.74) is 3.96. The van der Waals surface area contributed by atoms with Gasteiger partial charge in [-0.25, -0.2) is 9.69 Å². The summed E-state index contributed by atoms with van der Waals surface area (Å²) in [4.78, 5) is 103. The predicted octanol–water partition coefficient (Wildman–Crippen LogP) is 9.79. The maximum atomic E-state index is 14.4. The number of allylic oxidation sites excluding steroid dienone is 4. The van der Waals surface area contributed by atoms with Gasteiger partial charge in [0.1, 0.15) is 18.2 Å². The normalized spacial score (nSPS) is 17.4. The van der Waals surface area contributed by atoms with Crippen molar-refractivity contribution in [2.24, 2.45) is 22.7 Å². The molecule has 4 aliphatic rings. The van der Waals surface area contributed by atoms with Crippen LogP contribution in [0.15, 0.2) is 101 Å². The molecule has 7 rings (SSSR count). The number of hydrogen-bond acceptors (Lipinski definition) is 18. The number of nitrogens with zero attached hydrogens (tertiary/aromatic N) is 4. The largest absolute Gasteiger partial charge is 0.493 e. The lowest BCUT2D eigenvalue weighted by atomic mass is 9.88. The summed E-state index contributed by atoms with van der Waals surface area (Å²) in [6.07, 6.45) is 13.6. The highest BCUT2D eigenvalue weighted by molar-refractivity contribution is 6.07. The molecule has 498 valence electrons. The fourth-order valence-electron chi connectivity index (χ4n) is 11.0. The number of hydrogen-bond donors (Lipinski definition) is 2. The number of nitrogens with one attached hydrogen (secondary N) is 1. The molecule has 0 saturated carbocycles. The number of carbonyl (C=O) groups excluding carboxylic acids is 7. The van der Waals surface area contributed by atoms with Crippen LogP contribution in [0.5, 0.6) is 23.0 Å². The maximum absolute atomic E-state index is 14.4. The number of benzene rings is 3. The molecular weight excluding hydrogens is 1180 g/mol. The van der Waals surface area contributed by atoms with Crippen molar-refractivity contribution in [3.63, 3.8) is 0 Å². The number of carbonyl (C=O) groups is 7. The number of aliphatic hydroxyl groups excluding tert-OH is 1. The third kappa shape index (κ3) is 20.0. The van der Waals surface area contributed by atoms with Gasteiger partial charge in [0.25, 0.3) is 11.8 Å². The standard InChI is InChI=1S/C70H91N5O17/c1-10-14-50-33-52-41-71-58-39-64(62(84-8)37-56(58)67(80)73(52)42-50)90-23-13-24-91-65-40-59-57(38-63(65)85-9)68(81)74-43-51(15-11-2)34-60(74)69(82)75(59)70(83)92-44-49-19-17-48(18-20-49)35-61(78)47(7)72-66(79)55(46(5)6)36-54(77)21-25-87-27-29-89-31-30-88-28-26-86-22-12-16-53(76)32-45(3)4/h10-11,14-15,17-20,37-43,45-47,52,55,60,69,82H,12-13,16,21-36,44H2,1-9H3,(H,72,79)/b14-10+,15-11+/t47-,52-,55-,60-,69-/m0/s1. The molecular formula is C70H91N5O17. The highest BCUT2D eigenvalue weighted by atomic mass is 16.6. The summed E-state index contributed by atoms with van der Waals surface area (Å²) in [6, 6.07) is 11.2. The van der Waals surface area contributed by atoms with Crippen LogP contribution in [0.3, 0.4) is 0 Å². The van der Waals surface area contributed by atoms with Crippen molar-refractivity contribution in [3.8, 4) is 23.0 Å². The summed E-state index contributed by atoms with van der Waals surface area (Å²) >= 11 is 0. The van der Waals surface area contributed by atoms with E-state index in [9.17, 15) is 38.7 Å². The molecule has 0 saturated heterocycles. The van der Waals surface area contributed by atoms with E-state index in [4.69, 9.17) is 42.6 Å². The van der Waals surface area contributed by atoms with Crippen molar-refractivity contribution in [3.05, 3.63) is 119 Å². The molecule has 5 atom stereocenters. The minimum absolute atomic E-state index is 0.00122. The SMILES string of the molecule is C/C=C/C1=CN2C(=O)c3cc(OC)c(OCCCOc4cc5c(cc4OC)C(=O)N4C=C(/C=C/C)C[C@H]4[C@H](O)N5C(=O)OCc4ccc(CC(=O)[C@H](C)NC(=O)[C@@H](CC(=O)CCOCCOCCOCCOCCCC(=O)CC(C)C)C(C)C)cc4)cc3N=C[C@@H]2C1. The van der Waals surface area contributed by atoms with Crippen molar-refractivity contribution in [1.29, 1.82) is 0 Å². The molecule has 3 aromatic rings. The van der Waals surface area contributed by atoms with E-state index in [0.717, 1.165) is 16.0 Å². The Labute approximate surface area is 539 Å². The van der Waals surface area contributed by atoms with Crippen molar-refractivity contribution in [2.75, 3.05) is 85.2 Å². The number of ketones is 3. The van der Waals surface area contributed by atoms with Gasteiger partial charge in [0.15, 0.2) is 35.0 Å². The smallest absolute Gasteiger partial charge is 0.416 e. The highest BCUT2D eigenvalue weighted by Crippen LogP contribution is 2.43. The Morgan fingerprint density at radius 2 is 1.22 bits per heavy atom. The van der Waals surface area contributed by atoms with Crippen molar-refractivity contribution >= 4 is 58.8 Å². The Morgan fingerprint density at radius 3 is 1.84 bits per heavy atom. The van der Waals surface area contributed by atoms with Crippen LogP contribution in [-0.4, -0.2) is 167 Å². The first-order chi connectivity index (χ1) is 44.3. The molecule has 4 aliphatic heterocycles. The molecule has 22 nitrogen and oxygen atoms in total. The average Bonchev–Trinajstić information content (AvgIpc) is 1.58. The molecule has 4 heterocycles. The number of rotatable bonds is 38. The van der Waals surface area contributed by atoms with Crippen LogP contribution in [0.25, 0.3) is 0 Å². The number of fused-ring (bicyclic) bond motifs is 4. The minimum atomic E-state index is -1.56. The van der Waals surface area contributed by atoms with E-state index < -0.39 is 42.1 Å². The first-order valence-electron chi connectivity index (χ1n) is 31.8. The molecule has 0 unspecified atom stereocenters. The molecule has 22 heteroatoms. The molecule has 3 aromatic carbocycles. The zero-order chi connectivity index (χ0) is 66.3. The third-order valence-electron chi connectivity index (χ3n) is 15.9. The van der Waals surface area contributed by atoms with Gasteiger partial charge in [0.2, 0.25) is 5.91 Å². The van der Waals surface area contributed by atoms with Crippen molar-refractivity contribution in [2.45, 2.75) is 137 Å². The number of methoxy groups -OCH3 is 2. The lowest BCUT2D eigenvalue weighted by Gasteiger charge is -2.31. The number of anilines is 1. The van der Waals surface area contributed by atoms with Crippen molar-refractivity contribution in [1.82, 2.24) is 15.1 Å². The average molecular weight is 1270 g/mol. The maximum Gasteiger partial charge on any atom is 0.416 e. The van der Waals surface area contributed by atoms with Crippen LogP contribution >= 0.6 is 0 Å². The van der Waals surface area contributed by atoms with Crippen LogP contribution in [-0.2, 0) is 55.9 Å². The zero-order valence-electron chi connectivity index (χ0n) is 54.6. The van der Waals surface area contributed by atoms with Crippen molar-refractivity contribution < 1.29 is 81.3 Å². The third-order valence-corrected chi connectivity index (χ3v) is 15.9. The highest BCUT2D eigenvalue weighted by Gasteiger charge is 2.45. The Hall–Kier alpha value is -8.02. The van der Waals surface area contributed by atoms with E-state index in [1.807, 2.05) is 72.0 Å². The zero-order valence-corrected chi connectivity index (χ0v) is 54.6. The summed E-state index contributed by atoms with van der Waals surface area (Å²) in [5, 5.41) is 14.9. The quantitative estimate of drug-likeness (QED) is 0.0506. The topological polar surface area (TPSA) is 257 Å². The monoisotopic (exact) mass is 1270 g/mol. The summed E-state index contributed by atoms with van der Waals surface area (Å²) in [6.45, 7) is 16.2. The Bertz CT molecular complexity index is 3210. The Kier molecular flexibility index (Phi) is 27.7. The van der Waals surface area contributed by atoms with E-state index in [1.54, 1.807) is 60.6 Å². The first-order valence-corrected chi connectivity index (χ1v) is 31.8. The number of aliphatic hydroxyl groups is 1. The van der Waals surface area contributed by atoms with E-state index >= 15 is 0 Å². The number of ether oxygens (including phenoxy) is 9. The summed E-state index contributed by atoms with van der Waals surface area (Å²) < 4.78 is 51.8. The van der Waals surface area contributed by atoms with Gasteiger partial charge in [-0.05, 0) is 86.3 Å². The molecule has 0 aliphatic carbocycles. The van der Waals surface area contributed by atoms with E-state index in [1.165, 1.54) is 31.3 Å². The molecule has 0 fully saturated rings. The Balaban J connectivity index is 0.872. The van der Waals surface area contributed by atoms with Gasteiger partial charge in [0, 0.05) is 81.8 Å². The Morgan fingerprint density at radius 1 is 0.652 bits per heavy atom. The van der Waals surface area contributed by atoms with Gasteiger partial charge < -0.3 is 62.9 Å². The lowest BCUT2D eigenvalue weighted by Crippen LogP contribution is -2.50. The second-order valence-corrected chi connectivity index (χ2v) is 23.8. The van der Waals surface area contributed by atoms with Gasteiger partial charge in [-0.15, -0.1) is 0 Å². The van der Waals surface area contributed by atoms with Crippen LogP contribution < -0.4 is 29.2 Å².